The molecule has 0 saturated carbocycles. The molecule has 131 heavy (non-hydrogen) atoms. The molecular formula is C82H115N25O24. The van der Waals surface area contributed by atoms with Crippen LogP contribution in [0.15, 0.2) is 85.2 Å². The molecule has 1 saturated heterocycles. The van der Waals surface area contributed by atoms with Gasteiger partial charge in [-0.25, -0.2) is 0 Å². The van der Waals surface area contributed by atoms with E-state index in [0.29, 0.717) is 52.3 Å². The second-order valence-corrected chi connectivity index (χ2v) is 30.9. The third-order valence-corrected chi connectivity index (χ3v) is 20.4. The van der Waals surface area contributed by atoms with Crippen LogP contribution in [0.1, 0.15) is 120 Å². The number of benzene rings is 3. The first kappa shape index (κ1) is 105. The van der Waals surface area contributed by atoms with E-state index < -0.39 is 306 Å². The number of aromatic amines is 2. The Kier molecular flexibility index (Phi) is 42.4. The number of hydrogen-bond acceptors (Lipinski definition) is 25. The van der Waals surface area contributed by atoms with Gasteiger partial charge in [0, 0.05) is 99.3 Å². The number of carbonyl (C=O) groups excluding carboxylic acids is 19. The zero-order chi connectivity index (χ0) is 96.6. The van der Waals surface area contributed by atoms with Gasteiger partial charge in [0.1, 0.15) is 84.9 Å². The zero-order valence-corrected chi connectivity index (χ0v) is 71.9. The Labute approximate surface area is 748 Å². The van der Waals surface area contributed by atoms with Gasteiger partial charge in [-0.2, -0.15) is 0 Å². The molecule has 0 unspecified atom stereocenters. The summed E-state index contributed by atoms with van der Waals surface area (Å²) in [5.74, 6) is -23.2. The Balaban J connectivity index is 1.36. The lowest BCUT2D eigenvalue weighted by molar-refractivity contribution is -0.139. The van der Waals surface area contributed by atoms with Crippen LogP contribution in [0, 0.1) is 5.41 Å². The number of carbonyl (C=O) groups is 20. The molecule has 5 aromatic rings. The highest BCUT2D eigenvalue weighted by Gasteiger charge is 2.40. The van der Waals surface area contributed by atoms with E-state index in [1.807, 2.05) is 0 Å². The van der Waals surface area contributed by atoms with E-state index in [2.05, 4.69) is 95.0 Å². The summed E-state index contributed by atoms with van der Waals surface area (Å²) >= 11 is 0. The number of nitrogens with one attached hydrogen (secondary N) is 19. The molecule has 0 aliphatic carbocycles. The number of aromatic nitrogens is 2. The van der Waals surface area contributed by atoms with Gasteiger partial charge >= 0.3 is 5.97 Å². The van der Waals surface area contributed by atoms with Gasteiger partial charge in [-0.05, 0) is 112 Å². The van der Waals surface area contributed by atoms with Gasteiger partial charge in [-0.3, -0.25) is 101 Å². The summed E-state index contributed by atoms with van der Waals surface area (Å²) < 4.78 is 5.27. The number of H-pyrrole nitrogens is 2. The number of fused-ring (bicyclic) bond motifs is 2. The minimum Gasteiger partial charge on any atom is -0.508 e. The molecule has 1 aliphatic rings. The Morgan fingerprint density at radius 2 is 1.08 bits per heavy atom. The first-order valence-corrected chi connectivity index (χ1v) is 41.9. The average Bonchev–Trinajstić information content (AvgIpc) is 1.68. The largest absolute Gasteiger partial charge is 0.508 e. The fourth-order valence-corrected chi connectivity index (χ4v) is 13.6. The van der Waals surface area contributed by atoms with Crippen molar-refractivity contribution in [3.63, 3.8) is 0 Å². The maximum absolute atomic E-state index is 15.6. The maximum Gasteiger partial charge on any atom is 0.303 e. The van der Waals surface area contributed by atoms with E-state index in [-0.39, 0.29) is 43.9 Å². The van der Waals surface area contributed by atoms with Gasteiger partial charge in [0.05, 0.1) is 32.1 Å². The fourth-order valence-electron chi connectivity index (χ4n) is 13.6. The molecule has 34 N–H and O–H groups in total. The number of carboxylic acid groups (broad SMARTS) is 1. The van der Waals surface area contributed by atoms with Gasteiger partial charge in [-0.1, -0.05) is 48.5 Å². The van der Waals surface area contributed by atoms with E-state index in [1.54, 1.807) is 48.5 Å². The summed E-state index contributed by atoms with van der Waals surface area (Å²) in [6.07, 6.45) is -6.00. The number of ether oxygens (including phenoxy) is 1. The maximum atomic E-state index is 15.6. The molecule has 13 atom stereocenters. The van der Waals surface area contributed by atoms with Crippen molar-refractivity contribution in [2.45, 2.75) is 202 Å². The molecular weight excluding hydrogens is 1720 g/mol. The van der Waals surface area contributed by atoms with Crippen molar-refractivity contribution < 1.29 is 116 Å². The Morgan fingerprint density at radius 1 is 0.542 bits per heavy atom. The van der Waals surface area contributed by atoms with Crippen molar-refractivity contribution in [1.82, 2.24) is 95.0 Å². The van der Waals surface area contributed by atoms with Crippen LogP contribution in [-0.2, 0) is 120 Å². The van der Waals surface area contributed by atoms with Crippen molar-refractivity contribution in [3.05, 3.63) is 102 Å². The number of aromatic hydroxyl groups is 1. The summed E-state index contributed by atoms with van der Waals surface area (Å²) in [6.45, 7) is -0.0297. The molecule has 2 aromatic heterocycles. The van der Waals surface area contributed by atoms with Crippen LogP contribution in [0.3, 0.4) is 0 Å². The number of rotatable bonds is 47. The number of phenolic OH excluding ortho intramolecular Hbond substituents is 1. The summed E-state index contributed by atoms with van der Waals surface area (Å²) in [7, 11) is 0. The number of carboxylic acids is 1. The summed E-state index contributed by atoms with van der Waals surface area (Å²) in [6, 6.07) is -3.18. The number of para-hydroxylation sites is 2. The highest BCUT2D eigenvalue weighted by atomic mass is 16.5. The average molecular weight is 1830 g/mol. The first-order valence-electron chi connectivity index (χ1n) is 41.9. The second-order valence-electron chi connectivity index (χ2n) is 30.9. The van der Waals surface area contributed by atoms with Crippen LogP contribution >= 0.6 is 0 Å². The molecule has 0 bridgehead atoms. The second kappa shape index (κ2) is 53.0. The number of aliphatic carboxylic acids is 1. The number of phenols is 1. The van der Waals surface area contributed by atoms with Crippen molar-refractivity contribution >= 4 is 146 Å². The van der Waals surface area contributed by atoms with E-state index in [9.17, 15) is 87.2 Å². The van der Waals surface area contributed by atoms with E-state index in [4.69, 9.17) is 44.5 Å². The van der Waals surface area contributed by atoms with Gasteiger partial charge in [0.15, 0.2) is 5.96 Å². The van der Waals surface area contributed by atoms with Gasteiger partial charge in [0.2, 0.25) is 112 Å². The molecule has 19 amide bonds. The molecule has 712 valence electrons. The number of nitrogens with two attached hydrogens (primary N) is 6. The lowest BCUT2D eigenvalue weighted by atomic mass is 10.0. The predicted octanol–water partition coefficient (Wildman–Crippen LogP) is -9.09. The number of unbranched alkanes of at least 4 members (excludes halogenated alkanes) is 1. The van der Waals surface area contributed by atoms with E-state index in [0.717, 1.165) is 13.8 Å². The quantitative estimate of drug-likeness (QED) is 0.00977. The minimum absolute atomic E-state index is 0.126. The normalized spacial score (nSPS) is 18.0. The highest BCUT2D eigenvalue weighted by Crippen LogP contribution is 2.23. The number of aliphatic hydroxyl groups excluding tert-OH is 1. The molecule has 49 heteroatoms. The van der Waals surface area contributed by atoms with Crippen LogP contribution in [0.2, 0.25) is 0 Å². The van der Waals surface area contributed by atoms with Crippen LogP contribution in [0.5, 0.6) is 5.75 Å². The molecule has 3 aromatic carbocycles. The summed E-state index contributed by atoms with van der Waals surface area (Å²) in [4.78, 5) is 282. The van der Waals surface area contributed by atoms with Gasteiger partial charge in [-0.15, -0.1) is 0 Å². The highest BCUT2D eigenvalue weighted by molar-refractivity contribution is 6.02. The zero-order valence-electron chi connectivity index (χ0n) is 71.9. The fraction of sp³-hybridized carbons (Fsp3) is 0.476. The number of amides is 19. The van der Waals surface area contributed by atoms with Crippen molar-refractivity contribution in [2.24, 2.45) is 34.4 Å². The van der Waals surface area contributed by atoms with E-state index >= 15 is 24.0 Å². The Bertz CT molecular complexity index is 4930. The van der Waals surface area contributed by atoms with Gasteiger partial charge in [0.25, 0.3) is 0 Å². The van der Waals surface area contributed by atoms with Crippen LogP contribution in [0.4, 0.5) is 0 Å². The van der Waals surface area contributed by atoms with Gasteiger partial charge < -0.3 is 149 Å². The number of hydrogen-bond donors (Lipinski definition) is 28. The van der Waals surface area contributed by atoms with Crippen molar-refractivity contribution in [2.75, 3.05) is 45.9 Å². The standard InChI is InChI=1S/C82H115N25O24/c1-41(108)69-81(130)106-59(34-45-38-94-50-13-6-4-11-48(45)50)79(128)101-53(20-23-62(84)111)73(122)105-61(36-65(114)90-29-26-56(96-42(2)109)75(124)99-54(76(125)107-69)21-24-63(85)112)80(129)102-57(32-43-16-18-46(110)19-17-43)77(126)103-58(33-44-37-93-49-12-5-3-10-47(44)49)78(127)98-52(15-9-28-92-82(88)89)72(121)100-55(22-25-68(117)118)74(123)104-60(35-64(86)113)71(120)95-39-66(115)91-30-31-131-40-67(116)97-51(70(87)119)14-7-8-27-83/h3-6,10-13,16-19,37-38,41,51-61,69,93-94,108,110H,7-9,14-15,20-36,39-40,83H2,1-2H3,(H2,84,111)(H2,85,112)(H2,86,113)(H2,87,119)(H,90,114)(H,91,115)(H,95,120)(H,96,109)(H,97,116)(H,98,127)(H,99,124)(H,100,121)(H,101,128)(H,102,129)(H,103,126)(H,104,123)(H,105,122)(H,106,130)(H,107,125)(H,117,118)(H4,88,89,92)/t41-,51-,52+,53+,54+,55+,56+,57+,58+,59+,60+,61+,69+/m1/s1. The SMILES string of the molecule is CC(=O)N[C@H]1CCNC(=O)C[C@@H](C(=O)N[C@@H](Cc2ccc(O)cc2)C(=O)N[C@@H](Cc2c[nH]c3ccccc23)C(=O)N[C@@H](CCCNC(=N)N)C(=O)N[C@@H](CCC(=O)O)C(=O)N[C@@H](CC(N)=O)C(=O)NCC(=O)NCCOCC(=O)N[C@H](CCCCN)C(N)=O)NC(=O)[C@H](CCC(N)=O)NC(=O)[C@H](Cc2c[nH]c3ccccc23)NC(=O)[C@H]([C@@H](C)O)NC(=O)[C@H](CCC(N)=O)NC1=O. The lowest BCUT2D eigenvalue weighted by Gasteiger charge is -2.29. The molecule has 1 fully saturated rings. The predicted molar refractivity (Wildman–Crippen MR) is 464 cm³/mol. The first-order chi connectivity index (χ1) is 62.2. The monoisotopic (exact) mass is 1830 g/mol. The molecule has 49 nitrogen and oxygen atoms in total. The third kappa shape index (κ3) is 36.4. The smallest absolute Gasteiger partial charge is 0.303 e. The third-order valence-electron chi connectivity index (χ3n) is 20.4. The Morgan fingerprint density at radius 3 is 1.66 bits per heavy atom. The summed E-state index contributed by atoms with van der Waals surface area (Å²) in [5, 5.41) is 79.1. The van der Waals surface area contributed by atoms with Crippen molar-refractivity contribution in [3.8, 4) is 5.75 Å². The topological polar surface area (TPSA) is 815 Å². The van der Waals surface area contributed by atoms with Crippen molar-refractivity contribution in [1.29, 1.82) is 5.41 Å². The number of primary amides is 4. The number of guanidine groups is 1. The molecule has 0 radical (unpaired) electrons. The van der Waals surface area contributed by atoms with Crippen LogP contribution in [-0.4, -0.2) is 274 Å². The van der Waals surface area contributed by atoms with E-state index in [1.165, 1.54) is 36.7 Å². The molecule has 6 rings (SSSR count). The Hall–Kier alpha value is -14.9. The summed E-state index contributed by atoms with van der Waals surface area (Å²) in [5.41, 5.74) is 35.0. The lowest BCUT2D eigenvalue weighted by Crippen LogP contribution is -2.62. The van der Waals surface area contributed by atoms with Crippen LogP contribution < -0.4 is 119 Å². The molecule has 1 aliphatic heterocycles. The van der Waals surface area contributed by atoms with Crippen LogP contribution in [0.25, 0.3) is 21.8 Å². The molecule has 0 spiro atoms. The molecule has 3 heterocycles. The minimum atomic E-state index is -2.17. The number of aliphatic hydroxyl groups is 1.